The van der Waals surface area contributed by atoms with E-state index in [0.717, 1.165) is 16.8 Å². The van der Waals surface area contributed by atoms with Gasteiger partial charge in [-0.2, -0.15) is 0 Å². The van der Waals surface area contributed by atoms with Gasteiger partial charge >= 0.3 is 0 Å². The number of aromatic nitrogens is 4. The van der Waals surface area contributed by atoms with Crippen LogP contribution < -0.4 is 0 Å². The summed E-state index contributed by atoms with van der Waals surface area (Å²) >= 11 is 0. The summed E-state index contributed by atoms with van der Waals surface area (Å²) in [6.07, 6.45) is 3.68. The Morgan fingerprint density at radius 1 is 0.625 bits per heavy atom. The molecule has 0 spiro atoms. The van der Waals surface area contributed by atoms with E-state index in [9.17, 15) is 0 Å². The van der Waals surface area contributed by atoms with Crippen LogP contribution in [0.25, 0.3) is 11.0 Å². The minimum Gasteiger partial charge on any atom is -0.355 e. The third-order valence-electron chi connectivity index (χ3n) is 3.40. The number of rotatable bonds is 0. The Bertz CT molecular complexity index is 1010. The van der Waals surface area contributed by atoms with Crippen LogP contribution in [0.3, 0.4) is 0 Å². The molecule has 112 valence electrons. The first-order valence-electron chi connectivity index (χ1n) is 7.45. The van der Waals surface area contributed by atoms with Crippen molar-refractivity contribution in [2.75, 3.05) is 0 Å². The van der Waals surface area contributed by atoms with Gasteiger partial charge in [0.25, 0.3) is 0 Å². The number of H-pyrrole nitrogens is 2. The molecule has 0 aromatic carbocycles. The van der Waals surface area contributed by atoms with Gasteiger partial charge in [0.05, 0.1) is 11.4 Å². The maximum absolute atomic E-state index is 4.51. The monoisotopic (exact) mass is 308 g/mol. The Kier molecular flexibility index (Phi) is 3.56. The van der Waals surface area contributed by atoms with Crippen molar-refractivity contribution in [2.24, 2.45) is 0 Å². The molecule has 0 aliphatic carbocycles. The van der Waals surface area contributed by atoms with Gasteiger partial charge in [0.1, 0.15) is 11.4 Å². The van der Waals surface area contributed by atoms with Crippen LogP contribution in [0, 0.1) is 23.7 Å². The summed E-state index contributed by atoms with van der Waals surface area (Å²) in [6, 6.07) is 15.4. The lowest BCUT2D eigenvalue weighted by Crippen LogP contribution is -1.90. The maximum atomic E-state index is 4.51. The summed E-state index contributed by atoms with van der Waals surface area (Å²) in [5.41, 5.74) is 3.72. The van der Waals surface area contributed by atoms with E-state index in [-0.39, 0.29) is 0 Å². The Morgan fingerprint density at radius 3 is 1.62 bits per heavy atom. The molecule has 0 aliphatic heterocycles. The summed E-state index contributed by atoms with van der Waals surface area (Å²) < 4.78 is 0. The molecule has 0 atom stereocenters. The van der Waals surface area contributed by atoms with Gasteiger partial charge in [0.15, 0.2) is 5.65 Å². The van der Waals surface area contributed by atoms with Crippen LogP contribution >= 0.6 is 0 Å². The SMILES string of the molecule is C(#Cc1ccc[nH]1)c1ccc2ccc(C#Cc3ccc[nH]3)nc2n1. The van der Waals surface area contributed by atoms with E-state index >= 15 is 0 Å². The number of aromatic amines is 2. The van der Waals surface area contributed by atoms with Gasteiger partial charge in [-0.3, -0.25) is 0 Å². The van der Waals surface area contributed by atoms with Crippen molar-refractivity contribution < 1.29 is 0 Å². The standard InChI is InChI=1S/C20H12N4/c1-3-16(21-13-1)9-11-18-7-5-15-6-8-19(24-20(15)23-18)12-10-17-4-2-14-22-17/h1-8,13-14,21-22H. The smallest absolute Gasteiger partial charge is 0.161 e. The van der Waals surface area contributed by atoms with Gasteiger partial charge in [0.2, 0.25) is 0 Å². The van der Waals surface area contributed by atoms with Crippen molar-refractivity contribution in [1.29, 1.82) is 0 Å². The highest BCUT2D eigenvalue weighted by atomic mass is 14.9. The topological polar surface area (TPSA) is 57.4 Å². The number of hydrogen-bond acceptors (Lipinski definition) is 2. The van der Waals surface area contributed by atoms with E-state index in [0.29, 0.717) is 17.0 Å². The van der Waals surface area contributed by atoms with Crippen LogP contribution in [0.5, 0.6) is 0 Å². The predicted molar refractivity (Wildman–Crippen MR) is 93.1 cm³/mol. The lowest BCUT2D eigenvalue weighted by atomic mass is 10.2. The average molecular weight is 308 g/mol. The van der Waals surface area contributed by atoms with E-state index in [1.807, 2.05) is 60.9 Å². The normalized spacial score (nSPS) is 9.83. The highest BCUT2D eigenvalue weighted by Crippen LogP contribution is 2.11. The van der Waals surface area contributed by atoms with Crippen LogP contribution in [-0.4, -0.2) is 19.9 Å². The van der Waals surface area contributed by atoms with Crippen molar-refractivity contribution in [3.63, 3.8) is 0 Å². The van der Waals surface area contributed by atoms with Crippen LogP contribution in [0.15, 0.2) is 60.9 Å². The first kappa shape index (κ1) is 13.9. The summed E-state index contributed by atoms with van der Waals surface area (Å²) in [5.74, 6) is 12.2. The molecule has 0 fully saturated rings. The molecule has 0 saturated heterocycles. The molecule has 0 aliphatic rings. The fourth-order valence-electron chi connectivity index (χ4n) is 2.22. The maximum Gasteiger partial charge on any atom is 0.161 e. The number of nitrogens with one attached hydrogen (secondary N) is 2. The molecule has 0 saturated carbocycles. The fraction of sp³-hybridized carbons (Fsp3) is 0. The van der Waals surface area contributed by atoms with Crippen LogP contribution in [0.1, 0.15) is 22.8 Å². The van der Waals surface area contributed by atoms with Gasteiger partial charge in [-0.25, -0.2) is 9.97 Å². The summed E-state index contributed by atoms with van der Waals surface area (Å²) in [4.78, 5) is 15.1. The van der Waals surface area contributed by atoms with E-state index in [1.54, 1.807) is 0 Å². The number of fused-ring (bicyclic) bond motifs is 1. The molecule has 0 bridgehead atoms. The lowest BCUT2D eigenvalue weighted by molar-refractivity contribution is 1.24. The number of nitrogens with zero attached hydrogens (tertiary/aromatic N) is 2. The zero-order chi connectivity index (χ0) is 16.2. The quantitative estimate of drug-likeness (QED) is 0.490. The zero-order valence-corrected chi connectivity index (χ0v) is 12.7. The summed E-state index contributed by atoms with van der Waals surface area (Å²) in [7, 11) is 0. The summed E-state index contributed by atoms with van der Waals surface area (Å²) in [5, 5.41) is 0.964. The van der Waals surface area contributed by atoms with Gasteiger partial charge in [-0.05, 0) is 72.2 Å². The molecule has 0 radical (unpaired) electrons. The van der Waals surface area contributed by atoms with Crippen LogP contribution in [-0.2, 0) is 0 Å². The molecule has 4 heteroatoms. The van der Waals surface area contributed by atoms with Gasteiger partial charge in [-0.15, -0.1) is 0 Å². The highest BCUT2D eigenvalue weighted by Gasteiger charge is 1.99. The Balaban J connectivity index is 1.67. The van der Waals surface area contributed by atoms with Crippen molar-refractivity contribution in [3.05, 3.63) is 83.7 Å². The molecule has 4 heterocycles. The third-order valence-corrected chi connectivity index (χ3v) is 3.40. The number of pyridine rings is 2. The molecule has 2 N–H and O–H groups in total. The second kappa shape index (κ2) is 6.16. The van der Waals surface area contributed by atoms with Crippen molar-refractivity contribution in [2.45, 2.75) is 0 Å². The molecular formula is C20H12N4. The van der Waals surface area contributed by atoms with E-state index in [1.165, 1.54) is 0 Å². The van der Waals surface area contributed by atoms with Gasteiger partial charge in [0, 0.05) is 17.8 Å². The first-order valence-corrected chi connectivity index (χ1v) is 7.45. The second-order valence-electron chi connectivity index (χ2n) is 5.11. The first-order chi connectivity index (χ1) is 11.9. The molecule has 4 aromatic heterocycles. The Labute approximate surface area is 139 Å². The highest BCUT2D eigenvalue weighted by molar-refractivity contribution is 5.76. The molecule has 24 heavy (non-hydrogen) atoms. The molecule has 4 nitrogen and oxygen atoms in total. The van der Waals surface area contributed by atoms with Gasteiger partial charge in [-0.1, -0.05) is 0 Å². The molecule has 4 rings (SSSR count). The zero-order valence-electron chi connectivity index (χ0n) is 12.7. The summed E-state index contributed by atoms with van der Waals surface area (Å²) in [6.45, 7) is 0. The van der Waals surface area contributed by atoms with Crippen LogP contribution in [0.4, 0.5) is 0 Å². The van der Waals surface area contributed by atoms with Crippen molar-refractivity contribution in [3.8, 4) is 23.7 Å². The predicted octanol–water partition coefficient (Wildman–Crippen LogP) is 3.09. The second-order valence-corrected chi connectivity index (χ2v) is 5.11. The van der Waals surface area contributed by atoms with Gasteiger partial charge < -0.3 is 9.97 Å². The molecule has 0 unspecified atom stereocenters. The Hall–Kier alpha value is -3.76. The minimum atomic E-state index is 0.645. The van der Waals surface area contributed by atoms with E-state index in [2.05, 4.69) is 43.6 Å². The molecule has 4 aromatic rings. The molecule has 0 amide bonds. The van der Waals surface area contributed by atoms with E-state index in [4.69, 9.17) is 0 Å². The molecular weight excluding hydrogens is 296 g/mol. The number of hydrogen-bond donors (Lipinski definition) is 2. The largest absolute Gasteiger partial charge is 0.355 e. The van der Waals surface area contributed by atoms with Crippen molar-refractivity contribution in [1.82, 2.24) is 19.9 Å². The van der Waals surface area contributed by atoms with Crippen LogP contribution in [0.2, 0.25) is 0 Å². The fourth-order valence-corrected chi connectivity index (χ4v) is 2.22. The van der Waals surface area contributed by atoms with E-state index < -0.39 is 0 Å². The average Bonchev–Trinajstić information content (AvgIpc) is 3.31. The van der Waals surface area contributed by atoms with Crippen molar-refractivity contribution >= 4 is 11.0 Å². The third kappa shape index (κ3) is 3.04. The minimum absolute atomic E-state index is 0.645. The Morgan fingerprint density at radius 2 is 1.17 bits per heavy atom. The lowest BCUT2D eigenvalue weighted by Gasteiger charge is -1.98.